The number of nitrogens with zero attached hydrogens (tertiary/aromatic N) is 5. The first-order chi connectivity index (χ1) is 18.1. The normalized spacial score (nSPS) is 18.8. The van der Waals surface area contributed by atoms with E-state index in [0.29, 0.717) is 36.4 Å². The van der Waals surface area contributed by atoms with Crippen molar-refractivity contribution < 1.29 is 22.3 Å². The molecule has 0 radical (unpaired) electrons. The summed E-state index contributed by atoms with van der Waals surface area (Å²) in [4.78, 5) is 17.6. The number of likely N-dealkylation sites (N-methyl/N-ethyl adjacent to an activating group) is 1. The average Bonchev–Trinajstić information content (AvgIpc) is 3.08. The molecule has 2 aromatic heterocycles. The average molecular weight is 550 g/mol. The van der Waals surface area contributed by atoms with Crippen LogP contribution in [0.3, 0.4) is 0 Å². The van der Waals surface area contributed by atoms with E-state index in [1.807, 2.05) is 7.05 Å². The van der Waals surface area contributed by atoms with Gasteiger partial charge in [-0.05, 0) is 64.4 Å². The van der Waals surface area contributed by atoms with Crippen LogP contribution in [0.5, 0.6) is 6.01 Å². The van der Waals surface area contributed by atoms with E-state index in [2.05, 4.69) is 31.9 Å². The minimum Gasteiger partial charge on any atom is -0.462 e. The molecule has 0 saturated carbocycles. The highest BCUT2D eigenvalue weighted by molar-refractivity contribution is 6.34. The van der Waals surface area contributed by atoms with Gasteiger partial charge in [0.2, 0.25) is 0 Å². The number of pyridine rings is 1. The molecule has 1 atom stereocenters. The summed E-state index contributed by atoms with van der Waals surface area (Å²) in [6.07, 6.45) is 2.98. The zero-order valence-corrected chi connectivity index (χ0v) is 21.9. The van der Waals surface area contributed by atoms with E-state index >= 15 is 0 Å². The molecule has 0 N–H and O–H groups in total. The van der Waals surface area contributed by atoms with Gasteiger partial charge in [-0.3, -0.25) is 4.98 Å². The number of halogens is 5. The van der Waals surface area contributed by atoms with Crippen LogP contribution in [0.4, 0.5) is 23.4 Å². The molecule has 0 bridgehead atoms. The van der Waals surface area contributed by atoms with Crippen LogP contribution in [0.1, 0.15) is 36.9 Å². The molecule has 6 nitrogen and oxygen atoms in total. The van der Waals surface area contributed by atoms with Gasteiger partial charge in [0.1, 0.15) is 23.8 Å². The molecule has 38 heavy (non-hydrogen) atoms. The van der Waals surface area contributed by atoms with Crippen LogP contribution in [-0.4, -0.2) is 59.2 Å². The van der Waals surface area contributed by atoms with Crippen LogP contribution in [0.15, 0.2) is 30.4 Å². The van der Waals surface area contributed by atoms with Crippen LogP contribution in [-0.2, 0) is 6.18 Å². The van der Waals surface area contributed by atoms with Crippen LogP contribution < -0.4 is 9.64 Å². The smallest absolute Gasteiger partial charge is 0.421 e. The number of alkyl halides is 3. The molecule has 11 heteroatoms. The lowest BCUT2D eigenvalue weighted by atomic mass is 10.0. The Kier molecular flexibility index (Phi) is 7.46. The lowest BCUT2D eigenvalue weighted by Crippen LogP contribution is -2.31. The number of aromatic nitrogens is 3. The Morgan fingerprint density at radius 1 is 1.05 bits per heavy atom. The van der Waals surface area contributed by atoms with Gasteiger partial charge in [-0.15, -0.1) is 0 Å². The predicted octanol–water partition coefficient (Wildman–Crippen LogP) is 6.44. The van der Waals surface area contributed by atoms with Gasteiger partial charge < -0.3 is 14.5 Å². The third kappa shape index (κ3) is 5.42. The van der Waals surface area contributed by atoms with Gasteiger partial charge in [-0.2, -0.15) is 23.1 Å². The van der Waals surface area contributed by atoms with E-state index in [4.69, 9.17) is 21.3 Å². The van der Waals surface area contributed by atoms with Crippen molar-refractivity contribution in [3.05, 3.63) is 52.4 Å². The second kappa shape index (κ2) is 10.6. The Morgan fingerprint density at radius 3 is 2.45 bits per heavy atom. The van der Waals surface area contributed by atoms with E-state index in [0.717, 1.165) is 38.3 Å². The van der Waals surface area contributed by atoms with Crippen molar-refractivity contribution in [2.24, 2.45) is 0 Å². The Balaban J connectivity index is 1.64. The van der Waals surface area contributed by atoms with Gasteiger partial charge >= 0.3 is 12.2 Å². The Morgan fingerprint density at radius 2 is 1.79 bits per heavy atom. The molecule has 0 amide bonds. The molecule has 5 rings (SSSR count). The molecule has 2 aliphatic rings. The SMILES string of the molecule is Cc1cc(F)c(C(F)(F)F)c(-c2cc3nc(OCC4CCCN4C)nc(N4CCC=CCC4)c3cc2Cl)n1. The number of hydrogen-bond donors (Lipinski definition) is 0. The number of anilines is 1. The van der Waals surface area contributed by atoms with Gasteiger partial charge in [0.25, 0.3) is 0 Å². The van der Waals surface area contributed by atoms with Crippen molar-refractivity contribution in [3.63, 3.8) is 0 Å². The fourth-order valence-corrected chi connectivity index (χ4v) is 5.33. The fourth-order valence-electron chi connectivity index (χ4n) is 5.08. The molecular formula is C27H28ClF4N5O. The van der Waals surface area contributed by atoms with Gasteiger partial charge in [0.15, 0.2) is 0 Å². The van der Waals surface area contributed by atoms with Crippen molar-refractivity contribution in [3.8, 4) is 17.3 Å². The number of fused-ring (bicyclic) bond motifs is 1. The highest BCUT2D eigenvalue weighted by atomic mass is 35.5. The molecule has 1 unspecified atom stereocenters. The molecule has 4 heterocycles. The quantitative estimate of drug-likeness (QED) is 0.270. The van der Waals surface area contributed by atoms with Gasteiger partial charge in [0, 0.05) is 35.8 Å². The number of hydrogen-bond acceptors (Lipinski definition) is 6. The van der Waals surface area contributed by atoms with Crippen LogP contribution in [0.25, 0.3) is 22.2 Å². The molecular weight excluding hydrogens is 522 g/mol. The van der Waals surface area contributed by atoms with E-state index in [9.17, 15) is 17.6 Å². The maximum atomic E-state index is 14.6. The first-order valence-electron chi connectivity index (χ1n) is 12.6. The first-order valence-corrected chi connectivity index (χ1v) is 13.0. The lowest BCUT2D eigenvalue weighted by molar-refractivity contribution is -0.139. The maximum Gasteiger partial charge on any atom is 0.421 e. The van der Waals surface area contributed by atoms with Crippen LogP contribution in [0, 0.1) is 12.7 Å². The van der Waals surface area contributed by atoms with E-state index in [-0.39, 0.29) is 28.3 Å². The van der Waals surface area contributed by atoms with Crippen LogP contribution in [0.2, 0.25) is 5.02 Å². The summed E-state index contributed by atoms with van der Waals surface area (Å²) in [5.74, 6) is -0.803. The van der Waals surface area contributed by atoms with Crippen LogP contribution >= 0.6 is 11.6 Å². The lowest BCUT2D eigenvalue weighted by Gasteiger charge is -2.24. The highest BCUT2D eigenvalue weighted by Crippen LogP contribution is 2.42. The number of benzene rings is 1. The highest BCUT2D eigenvalue weighted by Gasteiger charge is 2.39. The standard InChI is InChI=1S/C27H28ClF4N5O/c1-16-12-21(29)23(27(30,31)32)24(33-16)18-14-22-19(13-20(18)28)25(37-10-5-3-4-6-11-37)35-26(34-22)38-15-17-8-7-9-36(17)2/h3-4,12-14,17H,5-11,15H2,1-2H3. The summed E-state index contributed by atoms with van der Waals surface area (Å²) < 4.78 is 62.2. The second-order valence-electron chi connectivity index (χ2n) is 9.77. The van der Waals surface area contributed by atoms with E-state index in [1.54, 1.807) is 0 Å². The summed E-state index contributed by atoms with van der Waals surface area (Å²) in [7, 11) is 2.04. The number of likely N-dealkylation sites (tertiary alicyclic amines) is 1. The third-order valence-corrected chi connectivity index (χ3v) is 7.37. The summed E-state index contributed by atoms with van der Waals surface area (Å²) in [6.45, 7) is 4.22. The molecule has 0 spiro atoms. The molecule has 0 aliphatic carbocycles. The van der Waals surface area contributed by atoms with E-state index < -0.39 is 23.3 Å². The summed E-state index contributed by atoms with van der Waals surface area (Å²) in [6, 6.07) is 4.09. The van der Waals surface area contributed by atoms with E-state index in [1.165, 1.54) is 19.1 Å². The third-order valence-electron chi connectivity index (χ3n) is 7.06. The largest absolute Gasteiger partial charge is 0.462 e. The Labute approximate surface area is 223 Å². The molecule has 202 valence electrons. The van der Waals surface area contributed by atoms with Crippen molar-refractivity contribution in [2.75, 3.05) is 38.2 Å². The summed E-state index contributed by atoms with van der Waals surface area (Å²) in [5.41, 5.74) is -1.64. The predicted molar refractivity (Wildman–Crippen MR) is 139 cm³/mol. The Hall–Kier alpha value is -2.98. The van der Waals surface area contributed by atoms with Gasteiger partial charge in [-0.1, -0.05) is 23.8 Å². The van der Waals surface area contributed by atoms with Gasteiger partial charge in [0.05, 0.1) is 16.2 Å². The summed E-state index contributed by atoms with van der Waals surface area (Å²) >= 11 is 6.56. The maximum absolute atomic E-state index is 14.6. The summed E-state index contributed by atoms with van der Waals surface area (Å²) in [5, 5.41) is 0.576. The molecule has 2 aliphatic heterocycles. The zero-order chi connectivity index (χ0) is 27.0. The van der Waals surface area contributed by atoms with Crippen molar-refractivity contribution >= 4 is 28.3 Å². The fraction of sp³-hybridized carbons (Fsp3) is 0.444. The Bertz CT molecular complexity index is 1370. The van der Waals surface area contributed by atoms with Gasteiger partial charge in [-0.25, -0.2) is 4.39 Å². The minimum absolute atomic E-state index is 0.000421. The van der Waals surface area contributed by atoms with Crippen molar-refractivity contribution in [1.29, 1.82) is 0 Å². The molecule has 3 aromatic rings. The number of rotatable bonds is 5. The van der Waals surface area contributed by atoms with Crippen molar-refractivity contribution in [2.45, 2.75) is 44.8 Å². The molecule has 1 fully saturated rings. The monoisotopic (exact) mass is 549 g/mol. The number of ether oxygens (including phenoxy) is 1. The molecule has 1 saturated heterocycles. The first kappa shape index (κ1) is 26.6. The number of aryl methyl sites for hydroxylation is 1. The topological polar surface area (TPSA) is 54.4 Å². The minimum atomic E-state index is -4.96. The zero-order valence-electron chi connectivity index (χ0n) is 21.2. The second-order valence-corrected chi connectivity index (χ2v) is 10.2. The molecule has 1 aromatic carbocycles. The van der Waals surface area contributed by atoms with Crippen molar-refractivity contribution in [1.82, 2.24) is 19.9 Å².